The molecule has 0 saturated carbocycles. The third-order valence-corrected chi connectivity index (χ3v) is 4.81. The van der Waals surface area contributed by atoms with Gasteiger partial charge in [-0.3, -0.25) is 4.79 Å². The van der Waals surface area contributed by atoms with E-state index in [1.807, 2.05) is 12.1 Å². The van der Waals surface area contributed by atoms with Gasteiger partial charge in [-0.2, -0.15) is 0 Å². The Balaban J connectivity index is 1.52. The number of methoxy groups -OCH3 is 1. The van der Waals surface area contributed by atoms with E-state index in [0.717, 1.165) is 12.1 Å². The number of hydrogen-bond acceptors (Lipinski definition) is 4. The molecular formula is C22H21N3O2. The first-order valence-corrected chi connectivity index (χ1v) is 8.94. The molecule has 0 bridgehead atoms. The van der Waals surface area contributed by atoms with E-state index in [1.165, 1.54) is 11.3 Å². The smallest absolute Gasteiger partial charge is 0.256 e. The van der Waals surface area contributed by atoms with Gasteiger partial charge in [0.1, 0.15) is 11.6 Å². The molecule has 2 aromatic carbocycles. The SMILES string of the molecule is COc1cccc(C(=O)Nc2ccc(N3c4ccccc4CC3C)cn2)c1. The molecule has 1 unspecified atom stereocenters. The lowest BCUT2D eigenvalue weighted by Gasteiger charge is -2.24. The summed E-state index contributed by atoms with van der Waals surface area (Å²) in [6, 6.07) is 19.7. The number of fused-ring (bicyclic) bond motifs is 1. The molecule has 2 heterocycles. The second kappa shape index (κ2) is 7.11. The maximum absolute atomic E-state index is 12.4. The highest BCUT2D eigenvalue weighted by molar-refractivity contribution is 6.04. The van der Waals surface area contributed by atoms with E-state index < -0.39 is 0 Å². The van der Waals surface area contributed by atoms with Crippen LogP contribution in [-0.4, -0.2) is 24.0 Å². The standard InChI is InChI=1S/C22H21N3O2/c1-15-12-16-6-3-4-9-20(16)25(15)18-10-11-21(23-14-18)24-22(26)17-7-5-8-19(13-17)27-2/h3-11,13-15H,12H2,1-2H3,(H,23,24,26). The van der Waals surface area contributed by atoms with Gasteiger partial charge in [-0.15, -0.1) is 0 Å². The summed E-state index contributed by atoms with van der Waals surface area (Å²) in [5.74, 6) is 0.952. The van der Waals surface area contributed by atoms with E-state index in [-0.39, 0.29) is 5.91 Å². The van der Waals surface area contributed by atoms with Crippen molar-refractivity contribution in [2.45, 2.75) is 19.4 Å². The number of ether oxygens (including phenoxy) is 1. The molecule has 5 nitrogen and oxygen atoms in total. The zero-order valence-electron chi connectivity index (χ0n) is 15.3. The van der Waals surface area contributed by atoms with E-state index in [0.29, 0.717) is 23.2 Å². The third-order valence-electron chi connectivity index (χ3n) is 4.81. The lowest BCUT2D eigenvalue weighted by molar-refractivity contribution is 0.102. The van der Waals surface area contributed by atoms with Crippen molar-refractivity contribution in [3.63, 3.8) is 0 Å². The molecule has 4 rings (SSSR count). The molecule has 3 aromatic rings. The number of nitrogens with zero attached hydrogens (tertiary/aromatic N) is 2. The fourth-order valence-corrected chi connectivity index (χ4v) is 3.51. The zero-order valence-corrected chi connectivity index (χ0v) is 15.3. The summed E-state index contributed by atoms with van der Waals surface area (Å²) in [6.07, 6.45) is 2.82. The van der Waals surface area contributed by atoms with Crippen LogP contribution in [0.3, 0.4) is 0 Å². The van der Waals surface area contributed by atoms with Crippen molar-refractivity contribution in [1.29, 1.82) is 0 Å². The van der Waals surface area contributed by atoms with Gasteiger partial charge >= 0.3 is 0 Å². The van der Waals surface area contributed by atoms with E-state index in [9.17, 15) is 4.79 Å². The molecule has 1 aromatic heterocycles. The summed E-state index contributed by atoms with van der Waals surface area (Å²) in [7, 11) is 1.58. The molecule has 27 heavy (non-hydrogen) atoms. The van der Waals surface area contributed by atoms with Gasteiger partial charge in [-0.05, 0) is 55.3 Å². The predicted octanol–water partition coefficient (Wildman–Crippen LogP) is 4.43. The summed E-state index contributed by atoms with van der Waals surface area (Å²) < 4.78 is 5.17. The predicted molar refractivity (Wildman–Crippen MR) is 107 cm³/mol. The van der Waals surface area contributed by atoms with Crippen molar-refractivity contribution in [3.05, 3.63) is 78.0 Å². The first kappa shape index (κ1) is 17.1. The van der Waals surface area contributed by atoms with Crippen molar-refractivity contribution < 1.29 is 9.53 Å². The number of hydrogen-bond donors (Lipinski definition) is 1. The lowest BCUT2D eigenvalue weighted by Crippen LogP contribution is -2.24. The number of benzene rings is 2. The quantitative estimate of drug-likeness (QED) is 0.749. The molecule has 1 aliphatic heterocycles. The van der Waals surface area contributed by atoms with Gasteiger partial charge in [0.25, 0.3) is 5.91 Å². The third kappa shape index (κ3) is 3.36. The second-order valence-corrected chi connectivity index (χ2v) is 6.64. The maximum Gasteiger partial charge on any atom is 0.256 e. The highest BCUT2D eigenvalue weighted by atomic mass is 16.5. The number of carbonyl (C=O) groups excluding carboxylic acids is 1. The Kier molecular flexibility index (Phi) is 4.50. The van der Waals surface area contributed by atoms with Crippen LogP contribution in [0.25, 0.3) is 0 Å². The largest absolute Gasteiger partial charge is 0.497 e. The van der Waals surface area contributed by atoms with Crippen molar-refractivity contribution in [1.82, 2.24) is 4.98 Å². The van der Waals surface area contributed by atoms with Gasteiger partial charge in [0.15, 0.2) is 0 Å². The maximum atomic E-state index is 12.4. The molecule has 0 saturated heterocycles. The summed E-state index contributed by atoms with van der Waals surface area (Å²) in [6.45, 7) is 2.21. The molecule has 5 heteroatoms. The Morgan fingerprint density at radius 2 is 2.00 bits per heavy atom. The van der Waals surface area contributed by atoms with Gasteiger partial charge in [-0.1, -0.05) is 24.3 Å². The molecule has 0 spiro atoms. The van der Waals surface area contributed by atoms with E-state index in [4.69, 9.17) is 4.74 Å². The summed E-state index contributed by atoms with van der Waals surface area (Å²) in [4.78, 5) is 19.1. The number of rotatable bonds is 4. The first-order chi connectivity index (χ1) is 13.2. The molecule has 0 radical (unpaired) electrons. The van der Waals surface area contributed by atoms with Crippen molar-refractivity contribution in [3.8, 4) is 5.75 Å². The van der Waals surface area contributed by atoms with Crippen LogP contribution in [0.4, 0.5) is 17.2 Å². The molecule has 1 amide bonds. The van der Waals surface area contributed by atoms with Gasteiger partial charge < -0.3 is 15.0 Å². The van der Waals surface area contributed by atoms with Crippen LogP contribution >= 0.6 is 0 Å². The molecule has 1 N–H and O–H groups in total. The van der Waals surface area contributed by atoms with E-state index >= 15 is 0 Å². The van der Waals surface area contributed by atoms with Crippen molar-refractivity contribution >= 4 is 23.1 Å². The number of pyridine rings is 1. The van der Waals surface area contributed by atoms with E-state index in [1.54, 1.807) is 37.6 Å². The highest BCUT2D eigenvalue weighted by Crippen LogP contribution is 2.37. The van der Waals surface area contributed by atoms with Crippen LogP contribution in [0.2, 0.25) is 0 Å². The molecular weight excluding hydrogens is 338 g/mol. The van der Waals surface area contributed by atoms with Crippen molar-refractivity contribution in [2.24, 2.45) is 0 Å². The minimum Gasteiger partial charge on any atom is -0.497 e. The fraction of sp³-hybridized carbons (Fsp3) is 0.182. The summed E-state index contributed by atoms with van der Waals surface area (Å²) in [5.41, 5.74) is 4.12. The molecule has 136 valence electrons. The minimum atomic E-state index is -0.214. The number of nitrogens with one attached hydrogen (secondary N) is 1. The number of carbonyl (C=O) groups is 1. The van der Waals surface area contributed by atoms with Gasteiger partial charge in [0.05, 0.1) is 19.0 Å². The fourth-order valence-electron chi connectivity index (χ4n) is 3.51. The van der Waals surface area contributed by atoms with Crippen LogP contribution in [0.15, 0.2) is 66.9 Å². The Labute approximate surface area is 158 Å². The van der Waals surface area contributed by atoms with Crippen LogP contribution in [0.1, 0.15) is 22.8 Å². The zero-order chi connectivity index (χ0) is 18.8. The Hall–Kier alpha value is -3.34. The lowest BCUT2D eigenvalue weighted by atomic mass is 10.1. The Morgan fingerprint density at radius 1 is 1.15 bits per heavy atom. The molecule has 0 aliphatic carbocycles. The topological polar surface area (TPSA) is 54.5 Å². The summed E-state index contributed by atoms with van der Waals surface area (Å²) >= 11 is 0. The molecule has 1 atom stereocenters. The number of para-hydroxylation sites is 1. The van der Waals surface area contributed by atoms with Crippen LogP contribution < -0.4 is 15.0 Å². The van der Waals surface area contributed by atoms with Crippen molar-refractivity contribution in [2.75, 3.05) is 17.3 Å². The van der Waals surface area contributed by atoms with Gasteiger partial charge in [-0.25, -0.2) is 4.98 Å². The Morgan fingerprint density at radius 3 is 2.78 bits per heavy atom. The average molecular weight is 359 g/mol. The average Bonchev–Trinajstić information content (AvgIpc) is 3.04. The Bertz CT molecular complexity index is 969. The summed E-state index contributed by atoms with van der Waals surface area (Å²) in [5, 5.41) is 2.83. The van der Waals surface area contributed by atoms with Crippen LogP contribution in [0.5, 0.6) is 5.75 Å². The van der Waals surface area contributed by atoms with Gasteiger partial charge in [0.2, 0.25) is 0 Å². The second-order valence-electron chi connectivity index (χ2n) is 6.64. The monoisotopic (exact) mass is 359 g/mol. The molecule has 1 aliphatic rings. The normalized spacial score (nSPS) is 15.3. The van der Waals surface area contributed by atoms with E-state index in [2.05, 4.69) is 46.4 Å². The number of anilines is 3. The highest BCUT2D eigenvalue weighted by Gasteiger charge is 2.26. The van der Waals surface area contributed by atoms with Gasteiger partial charge in [0, 0.05) is 17.3 Å². The minimum absolute atomic E-state index is 0.214. The first-order valence-electron chi connectivity index (χ1n) is 8.94. The van der Waals surface area contributed by atoms with Crippen LogP contribution in [0, 0.1) is 0 Å². The number of aromatic nitrogens is 1. The number of amides is 1. The van der Waals surface area contributed by atoms with Crippen LogP contribution in [-0.2, 0) is 6.42 Å². The molecule has 0 fully saturated rings.